The highest BCUT2D eigenvalue weighted by atomic mass is 19.1. The van der Waals surface area contributed by atoms with E-state index in [1.165, 1.54) is 23.4 Å². The first-order valence-corrected chi connectivity index (χ1v) is 9.63. The normalized spacial score (nSPS) is 16.3. The van der Waals surface area contributed by atoms with Crippen LogP contribution in [-0.2, 0) is 6.42 Å². The topological polar surface area (TPSA) is 36.7 Å². The van der Waals surface area contributed by atoms with Crippen molar-refractivity contribution >= 4 is 22.9 Å². The van der Waals surface area contributed by atoms with Gasteiger partial charge in [0.15, 0.2) is 0 Å². The van der Waals surface area contributed by atoms with E-state index >= 15 is 0 Å². The van der Waals surface area contributed by atoms with Crippen molar-refractivity contribution in [3.05, 3.63) is 71.8 Å². The molecule has 2 aromatic carbocycles. The quantitative estimate of drug-likeness (QED) is 0.684. The molecule has 3 heterocycles. The number of benzene rings is 2. The van der Waals surface area contributed by atoms with Crippen LogP contribution in [0.3, 0.4) is 0 Å². The molecule has 6 heteroatoms. The molecule has 0 amide bonds. The fraction of sp³-hybridized carbons (Fsp3) is 0.273. The van der Waals surface area contributed by atoms with Crippen LogP contribution >= 0.6 is 0 Å². The number of rotatable bonds is 2. The van der Waals surface area contributed by atoms with Crippen molar-refractivity contribution in [3.63, 3.8) is 0 Å². The summed E-state index contributed by atoms with van der Waals surface area (Å²) in [6.45, 7) is 5.75. The van der Waals surface area contributed by atoms with Crippen molar-refractivity contribution in [1.82, 2.24) is 9.78 Å². The zero-order chi connectivity index (χ0) is 19.1. The smallest absolute Gasteiger partial charge is 0.134 e. The van der Waals surface area contributed by atoms with Crippen LogP contribution < -0.4 is 9.80 Å². The standard InChI is InChI=1S/C22H22FN5/c1-16-14-24-28(15-16)22-12-17-2-5-20(13-21(17)25-22)27-10-8-26(9-11-27)19-6-3-18(23)4-7-19/h2-7,13-15H,8-12H2,1H3. The van der Waals surface area contributed by atoms with Gasteiger partial charge < -0.3 is 9.80 Å². The van der Waals surface area contributed by atoms with Gasteiger partial charge in [0.25, 0.3) is 0 Å². The Bertz CT molecular complexity index is 1030. The lowest BCUT2D eigenvalue weighted by atomic mass is 10.1. The van der Waals surface area contributed by atoms with Gasteiger partial charge in [-0.2, -0.15) is 5.10 Å². The minimum atomic E-state index is -0.189. The van der Waals surface area contributed by atoms with Gasteiger partial charge in [0.2, 0.25) is 0 Å². The fourth-order valence-corrected chi connectivity index (χ4v) is 3.91. The first kappa shape index (κ1) is 17.0. The maximum atomic E-state index is 13.1. The van der Waals surface area contributed by atoms with E-state index in [1.807, 2.05) is 36.1 Å². The summed E-state index contributed by atoms with van der Waals surface area (Å²) < 4.78 is 15.0. The molecule has 0 spiro atoms. The van der Waals surface area contributed by atoms with Crippen LogP contribution in [0.5, 0.6) is 0 Å². The number of piperazine rings is 1. The van der Waals surface area contributed by atoms with E-state index in [2.05, 4.69) is 33.1 Å². The van der Waals surface area contributed by atoms with Crippen molar-refractivity contribution in [1.29, 1.82) is 0 Å². The molecule has 1 saturated heterocycles. The Hall–Kier alpha value is -3.15. The van der Waals surface area contributed by atoms with E-state index in [4.69, 9.17) is 4.99 Å². The number of aromatic nitrogens is 2. The van der Waals surface area contributed by atoms with E-state index in [0.717, 1.165) is 55.4 Å². The maximum Gasteiger partial charge on any atom is 0.134 e. The second-order valence-electron chi connectivity index (χ2n) is 7.43. The van der Waals surface area contributed by atoms with Crippen molar-refractivity contribution in [3.8, 4) is 0 Å². The number of hydrogen-bond acceptors (Lipinski definition) is 4. The van der Waals surface area contributed by atoms with Crippen LogP contribution in [0.15, 0.2) is 59.9 Å². The molecule has 2 aliphatic heterocycles. The van der Waals surface area contributed by atoms with Crippen molar-refractivity contribution in [2.24, 2.45) is 4.99 Å². The van der Waals surface area contributed by atoms with Crippen molar-refractivity contribution in [2.75, 3.05) is 36.0 Å². The molecule has 5 nitrogen and oxygen atoms in total. The first-order chi connectivity index (χ1) is 13.7. The zero-order valence-electron chi connectivity index (χ0n) is 15.8. The van der Waals surface area contributed by atoms with Gasteiger partial charge in [-0.15, -0.1) is 0 Å². The Balaban J connectivity index is 1.30. The molecular formula is C22H22FN5. The molecule has 3 aromatic rings. The Morgan fingerprint density at radius 1 is 0.893 bits per heavy atom. The predicted octanol–water partition coefficient (Wildman–Crippen LogP) is 3.79. The number of fused-ring (bicyclic) bond motifs is 1. The SMILES string of the molecule is Cc1cnn(C2=Nc3cc(N4CCN(c5ccc(F)cc5)CC4)ccc3C2)c1. The molecule has 0 bridgehead atoms. The average Bonchev–Trinajstić information content (AvgIpc) is 3.34. The van der Waals surface area contributed by atoms with Gasteiger partial charge in [-0.3, -0.25) is 0 Å². The molecule has 0 N–H and O–H groups in total. The molecule has 0 saturated carbocycles. The fourth-order valence-electron chi connectivity index (χ4n) is 3.91. The van der Waals surface area contributed by atoms with Gasteiger partial charge in [-0.25, -0.2) is 14.1 Å². The van der Waals surface area contributed by atoms with E-state index in [0.29, 0.717) is 0 Å². The predicted molar refractivity (Wildman–Crippen MR) is 110 cm³/mol. The summed E-state index contributed by atoms with van der Waals surface area (Å²) in [4.78, 5) is 9.51. The van der Waals surface area contributed by atoms with Gasteiger partial charge >= 0.3 is 0 Å². The molecule has 142 valence electrons. The van der Waals surface area contributed by atoms with E-state index < -0.39 is 0 Å². The third-order valence-electron chi connectivity index (χ3n) is 5.48. The summed E-state index contributed by atoms with van der Waals surface area (Å²) in [5, 5.41) is 4.38. The summed E-state index contributed by atoms with van der Waals surface area (Å²) in [5.41, 5.74) is 5.72. The molecule has 0 radical (unpaired) electrons. The lowest BCUT2D eigenvalue weighted by Crippen LogP contribution is -2.46. The lowest BCUT2D eigenvalue weighted by molar-refractivity contribution is 0.625. The van der Waals surface area contributed by atoms with E-state index in [1.54, 1.807) is 0 Å². The monoisotopic (exact) mass is 375 g/mol. The summed E-state index contributed by atoms with van der Waals surface area (Å²) in [5.74, 6) is 0.784. The Labute approximate surface area is 163 Å². The summed E-state index contributed by atoms with van der Waals surface area (Å²) in [6, 6.07) is 13.3. The molecule has 1 aromatic heterocycles. The molecule has 0 atom stereocenters. The minimum absolute atomic E-state index is 0.189. The second-order valence-corrected chi connectivity index (χ2v) is 7.43. The van der Waals surface area contributed by atoms with Crippen LogP contribution in [0.4, 0.5) is 21.5 Å². The summed E-state index contributed by atoms with van der Waals surface area (Å²) >= 11 is 0. The maximum absolute atomic E-state index is 13.1. The highest BCUT2D eigenvalue weighted by Crippen LogP contribution is 2.32. The Kier molecular flexibility index (Phi) is 4.11. The second kappa shape index (κ2) is 6.78. The molecule has 28 heavy (non-hydrogen) atoms. The molecule has 5 rings (SSSR count). The Morgan fingerprint density at radius 3 is 2.25 bits per heavy atom. The van der Waals surface area contributed by atoms with Crippen LogP contribution in [0.2, 0.25) is 0 Å². The van der Waals surface area contributed by atoms with Crippen LogP contribution in [-0.4, -0.2) is 41.8 Å². The molecular weight excluding hydrogens is 353 g/mol. The number of aryl methyl sites for hydroxylation is 1. The third-order valence-corrected chi connectivity index (χ3v) is 5.48. The van der Waals surface area contributed by atoms with Crippen LogP contribution in [0.1, 0.15) is 11.1 Å². The largest absolute Gasteiger partial charge is 0.368 e. The highest BCUT2D eigenvalue weighted by Gasteiger charge is 2.21. The number of hydrogen-bond donors (Lipinski definition) is 0. The van der Waals surface area contributed by atoms with Gasteiger partial charge in [0, 0.05) is 50.2 Å². The first-order valence-electron chi connectivity index (χ1n) is 9.63. The van der Waals surface area contributed by atoms with Crippen LogP contribution in [0, 0.1) is 12.7 Å². The van der Waals surface area contributed by atoms with Gasteiger partial charge in [0.05, 0.1) is 11.9 Å². The molecule has 1 fully saturated rings. The van der Waals surface area contributed by atoms with Crippen LogP contribution in [0.25, 0.3) is 0 Å². The zero-order valence-corrected chi connectivity index (χ0v) is 15.8. The van der Waals surface area contributed by atoms with Gasteiger partial charge in [-0.1, -0.05) is 6.07 Å². The van der Waals surface area contributed by atoms with E-state index in [9.17, 15) is 4.39 Å². The molecule has 0 aliphatic carbocycles. The van der Waals surface area contributed by atoms with E-state index in [-0.39, 0.29) is 5.82 Å². The average molecular weight is 375 g/mol. The number of nitrogens with zero attached hydrogens (tertiary/aromatic N) is 5. The van der Waals surface area contributed by atoms with Crippen molar-refractivity contribution < 1.29 is 4.39 Å². The number of aliphatic imine (C=N–C) groups is 1. The Morgan fingerprint density at radius 2 is 1.57 bits per heavy atom. The minimum Gasteiger partial charge on any atom is -0.368 e. The number of anilines is 2. The lowest BCUT2D eigenvalue weighted by Gasteiger charge is -2.37. The van der Waals surface area contributed by atoms with Gasteiger partial charge in [-0.05, 0) is 54.4 Å². The molecule has 0 unspecified atom stereocenters. The highest BCUT2D eigenvalue weighted by molar-refractivity contribution is 5.93. The number of halogens is 1. The molecule has 2 aliphatic rings. The third kappa shape index (κ3) is 3.15. The van der Waals surface area contributed by atoms with Gasteiger partial charge in [0.1, 0.15) is 11.7 Å². The summed E-state index contributed by atoms with van der Waals surface area (Å²) in [6.07, 6.45) is 4.69. The summed E-state index contributed by atoms with van der Waals surface area (Å²) in [7, 11) is 0. The van der Waals surface area contributed by atoms with Crippen molar-refractivity contribution in [2.45, 2.75) is 13.3 Å².